The molecule has 1 aliphatic heterocycles. The van der Waals surface area contributed by atoms with Crippen LogP contribution in [0.4, 0.5) is 9.93 Å². The zero-order chi connectivity index (χ0) is 21.8. The van der Waals surface area contributed by atoms with E-state index in [1.165, 1.54) is 16.9 Å². The van der Waals surface area contributed by atoms with Gasteiger partial charge in [-0.2, -0.15) is 0 Å². The summed E-state index contributed by atoms with van der Waals surface area (Å²) in [7, 11) is 0. The molecule has 1 aliphatic rings. The molecule has 0 radical (unpaired) electrons. The Morgan fingerprint density at radius 1 is 1.06 bits per heavy atom. The van der Waals surface area contributed by atoms with Crippen molar-refractivity contribution in [1.29, 1.82) is 0 Å². The highest BCUT2D eigenvalue weighted by molar-refractivity contribution is 7.15. The second-order valence-electron chi connectivity index (χ2n) is 7.95. The maximum absolute atomic E-state index is 12.9. The van der Waals surface area contributed by atoms with Crippen LogP contribution in [-0.4, -0.2) is 34.4 Å². The summed E-state index contributed by atoms with van der Waals surface area (Å²) in [5.74, 6) is 0.110. The molecule has 2 aromatic carbocycles. The summed E-state index contributed by atoms with van der Waals surface area (Å²) in [6.07, 6.45) is 1.09. The topological polar surface area (TPSA) is 74.3 Å². The van der Waals surface area contributed by atoms with Gasteiger partial charge in [0.1, 0.15) is 0 Å². The predicted molar refractivity (Wildman–Crippen MR) is 124 cm³/mol. The summed E-state index contributed by atoms with van der Waals surface area (Å²) in [6.45, 7) is 5.01. The monoisotopic (exact) mass is 434 g/mol. The van der Waals surface area contributed by atoms with Gasteiger partial charge in [-0.05, 0) is 30.5 Å². The van der Waals surface area contributed by atoms with Crippen molar-refractivity contribution < 1.29 is 9.59 Å². The van der Waals surface area contributed by atoms with Gasteiger partial charge in [0.15, 0.2) is 5.13 Å². The Morgan fingerprint density at radius 2 is 1.77 bits per heavy atom. The Balaban J connectivity index is 1.36. The van der Waals surface area contributed by atoms with E-state index in [-0.39, 0.29) is 18.0 Å². The van der Waals surface area contributed by atoms with Gasteiger partial charge in [0.05, 0.1) is 18.7 Å². The van der Waals surface area contributed by atoms with Crippen molar-refractivity contribution in [3.05, 3.63) is 70.7 Å². The van der Waals surface area contributed by atoms with Crippen molar-refractivity contribution in [3.8, 4) is 11.1 Å². The number of amides is 3. The highest BCUT2D eigenvalue weighted by Crippen LogP contribution is 2.29. The summed E-state index contributed by atoms with van der Waals surface area (Å²) in [4.78, 5) is 32.2. The lowest BCUT2D eigenvalue weighted by molar-refractivity contribution is -0.131. The number of anilines is 1. The van der Waals surface area contributed by atoms with Crippen LogP contribution in [0.25, 0.3) is 11.1 Å². The highest BCUT2D eigenvalue weighted by Gasteiger charge is 2.24. The molecular formula is C24H26N4O2S. The van der Waals surface area contributed by atoms with E-state index < -0.39 is 0 Å². The zero-order valence-electron chi connectivity index (χ0n) is 17.7. The average Bonchev–Trinajstić information content (AvgIpc) is 3.15. The fourth-order valence-electron chi connectivity index (χ4n) is 3.59. The Kier molecular flexibility index (Phi) is 6.32. The first-order valence-corrected chi connectivity index (χ1v) is 11.3. The van der Waals surface area contributed by atoms with E-state index in [0.29, 0.717) is 31.1 Å². The van der Waals surface area contributed by atoms with E-state index >= 15 is 0 Å². The molecule has 160 valence electrons. The molecule has 31 heavy (non-hydrogen) atoms. The summed E-state index contributed by atoms with van der Waals surface area (Å²) < 4.78 is 0. The molecule has 0 bridgehead atoms. The average molecular weight is 435 g/mol. The van der Waals surface area contributed by atoms with Crippen molar-refractivity contribution in [2.45, 2.75) is 39.3 Å². The van der Waals surface area contributed by atoms with E-state index in [4.69, 9.17) is 0 Å². The van der Waals surface area contributed by atoms with Crippen LogP contribution >= 0.6 is 11.3 Å². The van der Waals surface area contributed by atoms with Crippen LogP contribution in [0.3, 0.4) is 0 Å². The molecule has 0 saturated heterocycles. The number of hydrogen-bond acceptors (Lipinski definition) is 4. The van der Waals surface area contributed by atoms with Gasteiger partial charge in [-0.1, -0.05) is 65.9 Å². The van der Waals surface area contributed by atoms with E-state index in [1.54, 1.807) is 0 Å². The number of urea groups is 1. The fourth-order valence-corrected chi connectivity index (χ4v) is 4.61. The third-order valence-electron chi connectivity index (χ3n) is 5.14. The van der Waals surface area contributed by atoms with Crippen LogP contribution in [0.5, 0.6) is 0 Å². The smallest absolute Gasteiger partial charge is 0.321 e. The van der Waals surface area contributed by atoms with Gasteiger partial charge in [0, 0.05) is 23.9 Å². The molecule has 0 atom stereocenters. The van der Waals surface area contributed by atoms with Crippen molar-refractivity contribution >= 4 is 28.4 Å². The molecule has 0 aliphatic carbocycles. The summed E-state index contributed by atoms with van der Waals surface area (Å²) in [5, 5.41) is 6.16. The van der Waals surface area contributed by atoms with Gasteiger partial charge in [-0.15, -0.1) is 0 Å². The van der Waals surface area contributed by atoms with Crippen molar-refractivity contribution in [1.82, 2.24) is 15.2 Å². The fraction of sp³-hybridized carbons (Fsp3) is 0.292. The zero-order valence-corrected chi connectivity index (χ0v) is 18.5. The van der Waals surface area contributed by atoms with Crippen LogP contribution in [-0.2, 0) is 24.2 Å². The first-order valence-electron chi connectivity index (χ1n) is 10.5. The lowest BCUT2D eigenvalue weighted by Gasteiger charge is -2.26. The van der Waals surface area contributed by atoms with Crippen LogP contribution in [0.1, 0.15) is 30.0 Å². The third-order valence-corrected chi connectivity index (χ3v) is 6.14. The number of nitrogens with zero attached hydrogens (tertiary/aromatic N) is 2. The molecule has 1 aromatic heterocycles. The van der Waals surface area contributed by atoms with Gasteiger partial charge in [-0.3, -0.25) is 10.1 Å². The number of nitrogens with one attached hydrogen (secondary N) is 2. The third kappa shape index (κ3) is 5.30. The molecule has 0 unspecified atom stereocenters. The Morgan fingerprint density at radius 3 is 2.48 bits per heavy atom. The second-order valence-corrected chi connectivity index (χ2v) is 9.03. The van der Waals surface area contributed by atoms with Crippen molar-refractivity contribution in [3.63, 3.8) is 0 Å². The number of thiazole rings is 1. The molecule has 0 saturated carbocycles. The van der Waals surface area contributed by atoms with Crippen molar-refractivity contribution in [2.24, 2.45) is 0 Å². The largest absolute Gasteiger partial charge is 0.337 e. The maximum Gasteiger partial charge on any atom is 0.321 e. The minimum Gasteiger partial charge on any atom is -0.337 e. The second kappa shape index (κ2) is 9.31. The van der Waals surface area contributed by atoms with Crippen LogP contribution in [0.15, 0.2) is 54.6 Å². The first-order chi connectivity index (χ1) is 15.0. The lowest BCUT2D eigenvalue weighted by atomic mass is 10.0. The highest BCUT2D eigenvalue weighted by atomic mass is 32.1. The van der Waals surface area contributed by atoms with Gasteiger partial charge in [0.2, 0.25) is 5.91 Å². The first kappa shape index (κ1) is 21.1. The van der Waals surface area contributed by atoms with Gasteiger partial charge in [0.25, 0.3) is 0 Å². The summed E-state index contributed by atoms with van der Waals surface area (Å²) in [6, 6.07) is 18.2. The molecule has 3 amide bonds. The number of carbonyl (C=O) groups is 2. The van der Waals surface area contributed by atoms with Gasteiger partial charge >= 0.3 is 6.03 Å². The SMILES string of the molecule is CC(C)NC(=O)Nc1nc2c(s1)CN(C(=O)Cc1ccc(-c3ccccc3)cc1)CC2. The molecule has 3 aromatic rings. The number of hydrogen-bond donors (Lipinski definition) is 2. The minimum atomic E-state index is -0.257. The molecule has 0 spiro atoms. The van der Waals surface area contributed by atoms with E-state index in [2.05, 4.69) is 39.9 Å². The Labute approximate surface area is 186 Å². The molecule has 4 rings (SSSR count). The molecule has 0 fully saturated rings. The minimum absolute atomic E-state index is 0.0597. The summed E-state index contributed by atoms with van der Waals surface area (Å²) >= 11 is 1.44. The Hall–Kier alpha value is -3.19. The van der Waals surface area contributed by atoms with Crippen molar-refractivity contribution in [2.75, 3.05) is 11.9 Å². The summed E-state index contributed by atoms with van der Waals surface area (Å²) in [5.41, 5.74) is 4.29. The molecule has 2 heterocycles. The van der Waals surface area contributed by atoms with E-state index in [0.717, 1.165) is 21.7 Å². The Bertz CT molecular complexity index is 1060. The number of benzene rings is 2. The molecule has 7 heteroatoms. The molecule has 6 nitrogen and oxygen atoms in total. The lowest BCUT2D eigenvalue weighted by Crippen LogP contribution is -2.36. The molecule has 2 N–H and O–H groups in total. The number of carbonyl (C=O) groups excluding carboxylic acids is 2. The standard InChI is InChI=1S/C24H26N4O2S/c1-16(2)25-23(30)27-24-26-20-12-13-28(15-21(20)31-24)22(29)14-17-8-10-19(11-9-17)18-6-4-3-5-7-18/h3-11,16H,12-15H2,1-2H3,(H2,25,26,27,30). The number of aromatic nitrogens is 1. The van der Waals surface area contributed by atoms with E-state index in [9.17, 15) is 9.59 Å². The van der Waals surface area contributed by atoms with Crippen LogP contribution < -0.4 is 10.6 Å². The van der Waals surface area contributed by atoms with Crippen LogP contribution in [0.2, 0.25) is 0 Å². The predicted octanol–water partition coefficient (Wildman–Crippen LogP) is 4.47. The van der Waals surface area contributed by atoms with E-state index in [1.807, 2.05) is 49.1 Å². The normalized spacial score (nSPS) is 13.1. The molecular weight excluding hydrogens is 408 g/mol. The maximum atomic E-state index is 12.9. The number of fused-ring (bicyclic) bond motifs is 1. The van der Waals surface area contributed by atoms with Gasteiger partial charge in [-0.25, -0.2) is 9.78 Å². The van der Waals surface area contributed by atoms with Crippen LogP contribution in [0, 0.1) is 0 Å². The quantitative estimate of drug-likeness (QED) is 0.622. The number of rotatable bonds is 5. The van der Waals surface area contributed by atoms with Gasteiger partial charge < -0.3 is 10.2 Å².